The first-order valence-corrected chi connectivity index (χ1v) is 9.09. The van der Waals surface area contributed by atoms with E-state index in [9.17, 15) is 0 Å². The monoisotopic (exact) mass is 343 g/mol. The van der Waals surface area contributed by atoms with Crippen molar-refractivity contribution in [3.8, 4) is 11.5 Å². The topological polar surface area (TPSA) is 37.4 Å². The number of fused-ring (bicyclic) bond motifs is 2. The van der Waals surface area contributed by atoms with Crippen molar-refractivity contribution in [2.45, 2.75) is 25.7 Å². The second kappa shape index (κ2) is 6.99. The van der Waals surface area contributed by atoms with Gasteiger partial charge in [0.25, 0.3) is 0 Å². The Labute approximate surface area is 147 Å². The minimum atomic E-state index is 0.733. The summed E-state index contributed by atoms with van der Waals surface area (Å²) in [5.74, 6) is 2.46. The maximum atomic E-state index is 6.22. The summed E-state index contributed by atoms with van der Waals surface area (Å²) in [6, 6.07) is 7.81. The molecule has 1 aromatic carbocycles. The molecule has 3 heterocycles. The summed E-state index contributed by atoms with van der Waals surface area (Å²) in [6.45, 7) is 3.29. The number of halogens is 1. The van der Waals surface area contributed by atoms with Gasteiger partial charge in [0.15, 0.2) is 11.5 Å². The molecule has 0 spiro atoms. The molecule has 126 valence electrons. The Morgan fingerprint density at radius 1 is 1.25 bits per heavy atom. The highest BCUT2D eigenvalue weighted by Gasteiger charge is 2.24. The fourth-order valence-electron chi connectivity index (χ4n) is 3.66. The van der Waals surface area contributed by atoms with Crippen LogP contribution in [0.5, 0.6) is 11.5 Å². The molecule has 1 saturated heterocycles. The van der Waals surface area contributed by atoms with Gasteiger partial charge in [-0.25, -0.2) is 0 Å². The van der Waals surface area contributed by atoms with Crippen LogP contribution in [0.2, 0.25) is 5.02 Å². The smallest absolute Gasteiger partial charge is 0.169 e. The van der Waals surface area contributed by atoms with E-state index in [1.807, 2.05) is 30.5 Å². The number of benzene rings is 1. The summed E-state index contributed by atoms with van der Waals surface area (Å²) in [5, 5.41) is 4.24. The maximum Gasteiger partial charge on any atom is 0.169 e. The number of piperidine rings is 1. The lowest BCUT2D eigenvalue weighted by Gasteiger charge is -2.33. The molecule has 2 aliphatic rings. The third-order valence-corrected chi connectivity index (χ3v) is 5.11. The van der Waals surface area contributed by atoms with Gasteiger partial charge < -0.3 is 15.0 Å². The number of hydrogen-bond acceptors (Lipinski definition) is 4. The van der Waals surface area contributed by atoms with E-state index in [4.69, 9.17) is 16.3 Å². The Morgan fingerprint density at radius 2 is 2.21 bits per heavy atom. The molecule has 2 aliphatic heterocycles. The highest BCUT2D eigenvalue weighted by Crippen LogP contribution is 2.47. The molecule has 1 atom stereocenters. The number of ether oxygens (including phenoxy) is 1. The normalized spacial score (nSPS) is 19.4. The second-order valence-corrected chi connectivity index (χ2v) is 7.00. The molecule has 0 aliphatic carbocycles. The third-order valence-electron chi connectivity index (χ3n) is 4.88. The van der Waals surface area contributed by atoms with E-state index in [2.05, 4.69) is 15.2 Å². The first kappa shape index (κ1) is 15.7. The molecule has 0 unspecified atom stereocenters. The van der Waals surface area contributed by atoms with E-state index >= 15 is 0 Å². The first-order chi connectivity index (χ1) is 11.8. The van der Waals surface area contributed by atoms with Crippen LogP contribution in [0.15, 0.2) is 36.7 Å². The lowest BCUT2D eigenvalue weighted by Crippen LogP contribution is -2.30. The van der Waals surface area contributed by atoms with Crippen molar-refractivity contribution in [2.24, 2.45) is 5.92 Å². The number of nitrogens with one attached hydrogen (secondary N) is 1. The van der Waals surface area contributed by atoms with Crippen molar-refractivity contribution in [1.29, 1.82) is 0 Å². The standard InChI is InChI=1S/C19H22ClN3O/c20-15-5-6-18-17(11-15)23(16-7-9-22-13-19(16)24-18)10-2-4-14-3-1-8-21-12-14/h5-7,9,11,13-14,21H,1-4,8,10,12H2/t14-/m0/s1. The molecule has 0 saturated carbocycles. The predicted octanol–water partition coefficient (Wildman–Crippen LogP) is 4.76. The van der Waals surface area contributed by atoms with Crippen LogP contribution in [0.4, 0.5) is 11.4 Å². The van der Waals surface area contributed by atoms with E-state index in [0.717, 1.165) is 53.3 Å². The Morgan fingerprint density at radius 3 is 3.08 bits per heavy atom. The van der Waals surface area contributed by atoms with Gasteiger partial charge in [0, 0.05) is 17.8 Å². The quantitative estimate of drug-likeness (QED) is 0.868. The van der Waals surface area contributed by atoms with Gasteiger partial charge in [-0.15, -0.1) is 0 Å². The summed E-state index contributed by atoms with van der Waals surface area (Å²) in [5.41, 5.74) is 2.12. The van der Waals surface area contributed by atoms with Crippen LogP contribution < -0.4 is 15.0 Å². The first-order valence-electron chi connectivity index (χ1n) is 8.71. The number of anilines is 2. The van der Waals surface area contributed by atoms with Crippen LogP contribution in [0.3, 0.4) is 0 Å². The molecule has 0 radical (unpaired) electrons. The molecule has 1 fully saturated rings. The number of pyridine rings is 1. The van der Waals surface area contributed by atoms with Gasteiger partial charge in [0.2, 0.25) is 0 Å². The highest BCUT2D eigenvalue weighted by molar-refractivity contribution is 6.31. The van der Waals surface area contributed by atoms with Gasteiger partial charge in [-0.1, -0.05) is 11.6 Å². The van der Waals surface area contributed by atoms with Crippen LogP contribution >= 0.6 is 11.6 Å². The molecule has 5 heteroatoms. The highest BCUT2D eigenvalue weighted by atomic mass is 35.5. The average molecular weight is 344 g/mol. The van der Waals surface area contributed by atoms with E-state index < -0.39 is 0 Å². The van der Waals surface area contributed by atoms with Gasteiger partial charge in [-0.05, 0) is 69.0 Å². The van der Waals surface area contributed by atoms with Gasteiger partial charge in [0.1, 0.15) is 0 Å². The number of nitrogens with zero attached hydrogens (tertiary/aromatic N) is 2. The molecular weight excluding hydrogens is 322 g/mol. The Kier molecular flexibility index (Phi) is 4.58. The Bertz CT molecular complexity index is 716. The van der Waals surface area contributed by atoms with Gasteiger partial charge in [0.05, 0.1) is 17.6 Å². The van der Waals surface area contributed by atoms with Crippen LogP contribution in [0.25, 0.3) is 0 Å². The lowest BCUT2D eigenvalue weighted by atomic mass is 9.94. The van der Waals surface area contributed by atoms with Gasteiger partial charge in [-0.2, -0.15) is 0 Å². The van der Waals surface area contributed by atoms with Crippen LogP contribution in [-0.4, -0.2) is 24.6 Å². The SMILES string of the molecule is Clc1ccc2c(c1)N(CCC[C@@H]1CCCNC1)c1ccncc1O2. The lowest BCUT2D eigenvalue weighted by molar-refractivity contribution is 0.352. The molecule has 1 N–H and O–H groups in total. The van der Waals surface area contributed by atoms with Crippen molar-refractivity contribution in [3.05, 3.63) is 41.7 Å². The van der Waals surface area contributed by atoms with Crippen molar-refractivity contribution in [1.82, 2.24) is 10.3 Å². The van der Waals surface area contributed by atoms with Gasteiger partial charge >= 0.3 is 0 Å². The van der Waals surface area contributed by atoms with E-state index in [1.54, 1.807) is 6.20 Å². The summed E-state index contributed by atoms with van der Waals surface area (Å²) in [6.07, 6.45) is 8.65. The predicted molar refractivity (Wildman–Crippen MR) is 97.6 cm³/mol. The summed E-state index contributed by atoms with van der Waals surface area (Å²) < 4.78 is 5.99. The third kappa shape index (κ3) is 3.21. The van der Waals surface area contributed by atoms with Crippen molar-refractivity contribution in [2.75, 3.05) is 24.5 Å². The molecule has 0 amide bonds. The molecule has 24 heavy (non-hydrogen) atoms. The fourth-order valence-corrected chi connectivity index (χ4v) is 3.83. The molecule has 4 nitrogen and oxygen atoms in total. The fraction of sp³-hybridized carbons (Fsp3) is 0.421. The van der Waals surface area contributed by atoms with Crippen LogP contribution in [0.1, 0.15) is 25.7 Å². The molecule has 4 rings (SSSR count). The molecule has 2 aromatic rings. The summed E-state index contributed by atoms with van der Waals surface area (Å²) >= 11 is 6.22. The van der Waals surface area contributed by atoms with Crippen molar-refractivity contribution < 1.29 is 4.74 Å². The van der Waals surface area contributed by atoms with E-state index in [0.29, 0.717) is 0 Å². The second-order valence-electron chi connectivity index (χ2n) is 6.56. The molecule has 0 bridgehead atoms. The van der Waals surface area contributed by atoms with E-state index in [-0.39, 0.29) is 0 Å². The number of aromatic nitrogens is 1. The van der Waals surface area contributed by atoms with Crippen LogP contribution in [-0.2, 0) is 0 Å². The van der Waals surface area contributed by atoms with Gasteiger partial charge in [-0.3, -0.25) is 4.98 Å². The zero-order chi connectivity index (χ0) is 16.4. The number of rotatable bonds is 4. The zero-order valence-corrected chi connectivity index (χ0v) is 14.4. The average Bonchev–Trinajstić information content (AvgIpc) is 2.62. The van der Waals surface area contributed by atoms with E-state index in [1.165, 1.54) is 25.8 Å². The number of hydrogen-bond donors (Lipinski definition) is 1. The maximum absolute atomic E-state index is 6.22. The molecule has 1 aromatic heterocycles. The molecular formula is C19H22ClN3O. The van der Waals surface area contributed by atoms with Crippen LogP contribution in [0, 0.1) is 5.92 Å². The minimum absolute atomic E-state index is 0.733. The largest absolute Gasteiger partial charge is 0.451 e. The summed E-state index contributed by atoms with van der Waals surface area (Å²) in [4.78, 5) is 6.51. The van der Waals surface area contributed by atoms with Crippen molar-refractivity contribution in [3.63, 3.8) is 0 Å². The Hall–Kier alpha value is -1.78. The van der Waals surface area contributed by atoms with Crippen molar-refractivity contribution >= 4 is 23.0 Å². The minimum Gasteiger partial charge on any atom is -0.451 e. The Balaban J connectivity index is 1.53. The summed E-state index contributed by atoms with van der Waals surface area (Å²) in [7, 11) is 0. The zero-order valence-electron chi connectivity index (χ0n) is 13.7.